The fourth-order valence-electron chi connectivity index (χ4n) is 3.23. The molecule has 0 unspecified atom stereocenters. The van der Waals surface area contributed by atoms with E-state index < -0.39 is 0 Å². The van der Waals surface area contributed by atoms with Gasteiger partial charge in [0.05, 0.1) is 18.0 Å². The van der Waals surface area contributed by atoms with Gasteiger partial charge in [-0.1, -0.05) is 0 Å². The molecular weight excluding hydrogens is 316 g/mol. The van der Waals surface area contributed by atoms with Gasteiger partial charge in [-0.2, -0.15) is 5.26 Å². The Morgan fingerprint density at radius 2 is 2.00 bits per heavy atom. The van der Waals surface area contributed by atoms with Crippen molar-refractivity contribution in [3.05, 3.63) is 42.4 Å². The van der Waals surface area contributed by atoms with Crippen molar-refractivity contribution in [3.63, 3.8) is 0 Å². The van der Waals surface area contributed by atoms with Gasteiger partial charge in [0, 0.05) is 17.8 Å². The lowest BCUT2D eigenvalue weighted by atomic mass is 9.93. The van der Waals surface area contributed by atoms with Crippen LogP contribution in [0.4, 0.5) is 5.82 Å². The minimum Gasteiger partial charge on any atom is -0.393 e. The van der Waals surface area contributed by atoms with Crippen LogP contribution in [-0.4, -0.2) is 36.8 Å². The van der Waals surface area contributed by atoms with Crippen LogP contribution in [0.5, 0.6) is 0 Å². The third-order valence-corrected chi connectivity index (χ3v) is 4.58. The molecule has 3 heterocycles. The predicted molar refractivity (Wildman–Crippen MR) is 92.8 cm³/mol. The van der Waals surface area contributed by atoms with Crippen molar-refractivity contribution in [3.8, 4) is 17.3 Å². The number of imidazole rings is 1. The minimum atomic E-state index is -0.172. The highest BCUT2D eigenvalue weighted by atomic mass is 16.3. The van der Waals surface area contributed by atoms with Gasteiger partial charge in [0.15, 0.2) is 5.65 Å². The zero-order valence-corrected chi connectivity index (χ0v) is 13.6. The maximum atomic E-state index is 9.63. The maximum absolute atomic E-state index is 9.63. The molecule has 0 saturated heterocycles. The molecule has 7 nitrogen and oxygen atoms in total. The molecule has 0 atom stereocenters. The Balaban J connectivity index is 1.64. The zero-order valence-electron chi connectivity index (χ0n) is 13.6. The number of aromatic nitrogens is 4. The summed E-state index contributed by atoms with van der Waals surface area (Å²) in [5.74, 6) is 0.780. The van der Waals surface area contributed by atoms with E-state index in [9.17, 15) is 5.11 Å². The molecule has 2 N–H and O–H groups in total. The number of hydrogen-bond acceptors (Lipinski definition) is 6. The molecule has 0 bridgehead atoms. The Bertz CT molecular complexity index is 936. The van der Waals surface area contributed by atoms with E-state index in [4.69, 9.17) is 5.26 Å². The Morgan fingerprint density at radius 3 is 2.80 bits per heavy atom. The van der Waals surface area contributed by atoms with Crippen molar-refractivity contribution in [1.29, 1.82) is 5.26 Å². The Kier molecular flexibility index (Phi) is 4.04. The number of nitriles is 1. The van der Waals surface area contributed by atoms with E-state index in [1.54, 1.807) is 23.0 Å². The largest absolute Gasteiger partial charge is 0.393 e. The Labute approximate surface area is 145 Å². The van der Waals surface area contributed by atoms with Crippen molar-refractivity contribution in [2.75, 3.05) is 5.32 Å². The summed E-state index contributed by atoms with van der Waals surface area (Å²) in [5.41, 5.74) is 2.78. The molecule has 4 rings (SSSR count). The molecule has 3 aromatic heterocycles. The summed E-state index contributed by atoms with van der Waals surface area (Å²) >= 11 is 0. The van der Waals surface area contributed by atoms with Crippen molar-refractivity contribution < 1.29 is 5.11 Å². The summed E-state index contributed by atoms with van der Waals surface area (Å²) in [4.78, 5) is 8.39. The Morgan fingerprint density at radius 1 is 1.16 bits per heavy atom. The lowest BCUT2D eigenvalue weighted by Crippen LogP contribution is -2.28. The fraction of sp³-hybridized carbons (Fsp3) is 0.333. The van der Waals surface area contributed by atoms with Crippen molar-refractivity contribution >= 4 is 11.5 Å². The molecule has 1 aliphatic carbocycles. The highest BCUT2D eigenvalue weighted by Crippen LogP contribution is 2.24. The van der Waals surface area contributed by atoms with E-state index >= 15 is 0 Å². The summed E-state index contributed by atoms with van der Waals surface area (Å²) in [7, 11) is 0. The van der Waals surface area contributed by atoms with Gasteiger partial charge in [-0.15, -0.1) is 5.10 Å². The van der Waals surface area contributed by atoms with Gasteiger partial charge >= 0.3 is 0 Å². The Hall–Kier alpha value is -2.98. The summed E-state index contributed by atoms with van der Waals surface area (Å²) in [6.07, 6.45) is 6.72. The molecule has 0 aliphatic heterocycles. The molecule has 7 heteroatoms. The average molecular weight is 334 g/mol. The van der Waals surface area contributed by atoms with Crippen LogP contribution in [0.25, 0.3) is 16.9 Å². The third-order valence-electron chi connectivity index (χ3n) is 4.58. The monoisotopic (exact) mass is 334 g/mol. The van der Waals surface area contributed by atoms with E-state index in [1.165, 1.54) is 0 Å². The number of aliphatic hydroxyl groups is 1. The second-order valence-electron chi connectivity index (χ2n) is 6.32. The first-order valence-corrected chi connectivity index (χ1v) is 8.39. The van der Waals surface area contributed by atoms with Gasteiger partial charge in [0.25, 0.3) is 0 Å². The van der Waals surface area contributed by atoms with Crippen LogP contribution in [0.3, 0.4) is 0 Å². The number of rotatable bonds is 3. The number of nitrogens with zero attached hydrogens (tertiary/aromatic N) is 5. The molecule has 1 fully saturated rings. The summed E-state index contributed by atoms with van der Waals surface area (Å²) in [5, 5.41) is 26.8. The number of aliphatic hydroxyl groups excluding tert-OH is 1. The molecule has 0 aromatic carbocycles. The standard InChI is InChI=1S/C18H18N6O/c19-10-14-9-12(7-8-20-14)16-11-21-18-6-5-17(23-24(16)18)22-13-1-3-15(25)4-2-13/h5-9,11,13,15,25H,1-4H2,(H,22,23). The van der Waals surface area contributed by atoms with Gasteiger partial charge in [-0.25, -0.2) is 14.5 Å². The van der Waals surface area contributed by atoms with Gasteiger partial charge in [-0.3, -0.25) is 0 Å². The second kappa shape index (κ2) is 6.49. The van der Waals surface area contributed by atoms with Crippen LogP contribution in [0.15, 0.2) is 36.7 Å². The van der Waals surface area contributed by atoms with Crippen LogP contribution in [0.1, 0.15) is 31.4 Å². The van der Waals surface area contributed by atoms with Crippen molar-refractivity contribution in [2.45, 2.75) is 37.8 Å². The van der Waals surface area contributed by atoms with E-state index in [1.807, 2.05) is 18.2 Å². The van der Waals surface area contributed by atoms with Gasteiger partial charge < -0.3 is 10.4 Å². The lowest BCUT2D eigenvalue weighted by molar-refractivity contribution is 0.126. The quantitative estimate of drug-likeness (QED) is 0.763. The van der Waals surface area contributed by atoms with Crippen molar-refractivity contribution in [1.82, 2.24) is 19.6 Å². The number of hydrogen-bond donors (Lipinski definition) is 2. The van der Waals surface area contributed by atoms with E-state index in [0.29, 0.717) is 11.7 Å². The first-order chi connectivity index (χ1) is 12.2. The third kappa shape index (κ3) is 3.16. The average Bonchev–Trinajstić information content (AvgIpc) is 3.07. The molecule has 0 amide bonds. The molecule has 126 valence electrons. The number of fused-ring (bicyclic) bond motifs is 1. The van der Waals surface area contributed by atoms with Crippen LogP contribution < -0.4 is 5.32 Å². The van der Waals surface area contributed by atoms with Crippen molar-refractivity contribution in [2.24, 2.45) is 0 Å². The number of nitrogens with one attached hydrogen (secondary N) is 1. The first-order valence-electron chi connectivity index (χ1n) is 8.39. The summed E-state index contributed by atoms with van der Waals surface area (Å²) < 4.78 is 1.77. The second-order valence-corrected chi connectivity index (χ2v) is 6.32. The summed E-state index contributed by atoms with van der Waals surface area (Å²) in [6.45, 7) is 0. The molecule has 3 aromatic rings. The molecule has 25 heavy (non-hydrogen) atoms. The van der Waals surface area contributed by atoms with Gasteiger partial charge in [0.1, 0.15) is 17.6 Å². The molecular formula is C18H18N6O. The fourth-order valence-corrected chi connectivity index (χ4v) is 3.23. The molecule has 0 radical (unpaired) electrons. The normalized spacial score (nSPS) is 20.3. The molecule has 1 saturated carbocycles. The smallest absolute Gasteiger partial charge is 0.154 e. The summed E-state index contributed by atoms with van der Waals surface area (Å²) in [6, 6.07) is 9.79. The molecule has 1 aliphatic rings. The van der Waals surface area contributed by atoms with Crippen LogP contribution in [0, 0.1) is 11.3 Å². The highest BCUT2D eigenvalue weighted by Gasteiger charge is 2.19. The van der Waals surface area contributed by atoms with Gasteiger partial charge in [-0.05, 0) is 49.9 Å². The minimum absolute atomic E-state index is 0.172. The van der Waals surface area contributed by atoms with E-state index in [-0.39, 0.29) is 6.10 Å². The van der Waals surface area contributed by atoms with Crippen LogP contribution >= 0.6 is 0 Å². The SMILES string of the molecule is N#Cc1cc(-c2cnc3ccc(NC4CCC(O)CC4)nn23)ccn1. The lowest BCUT2D eigenvalue weighted by Gasteiger charge is -2.26. The van der Waals surface area contributed by atoms with E-state index in [0.717, 1.165) is 48.4 Å². The number of pyridine rings is 1. The van der Waals surface area contributed by atoms with Crippen LogP contribution in [0.2, 0.25) is 0 Å². The highest BCUT2D eigenvalue weighted by molar-refractivity contribution is 5.64. The zero-order chi connectivity index (χ0) is 17.2. The van der Waals surface area contributed by atoms with E-state index in [2.05, 4.69) is 26.5 Å². The first kappa shape index (κ1) is 15.5. The maximum Gasteiger partial charge on any atom is 0.154 e. The number of anilines is 1. The molecule has 0 spiro atoms. The predicted octanol–water partition coefficient (Wildman–Crippen LogP) is 2.38. The topological polar surface area (TPSA) is 99.1 Å². The van der Waals surface area contributed by atoms with Gasteiger partial charge in [0.2, 0.25) is 0 Å². The van der Waals surface area contributed by atoms with Crippen LogP contribution in [-0.2, 0) is 0 Å².